The summed E-state index contributed by atoms with van der Waals surface area (Å²) in [6.07, 6.45) is 3.75. The van der Waals surface area contributed by atoms with E-state index in [0.717, 1.165) is 25.7 Å². The Bertz CT molecular complexity index is 264. The molecule has 0 aromatic rings. The fourth-order valence-corrected chi connectivity index (χ4v) is 2.07. The Kier molecular flexibility index (Phi) is 5.68. The van der Waals surface area contributed by atoms with Crippen molar-refractivity contribution in [2.75, 3.05) is 13.2 Å². The predicted molar refractivity (Wildman–Crippen MR) is 60.5 cm³/mol. The van der Waals surface area contributed by atoms with E-state index in [1.165, 1.54) is 0 Å². The molecule has 98 valence electrons. The second-order valence-electron chi connectivity index (χ2n) is 4.34. The molecule has 1 fully saturated rings. The second kappa shape index (κ2) is 7.05. The van der Waals surface area contributed by atoms with Crippen molar-refractivity contribution in [2.45, 2.75) is 38.1 Å². The Labute approximate surface area is 99.8 Å². The predicted octanol–water partition coefficient (Wildman–Crippen LogP) is 0.219. The van der Waals surface area contributed by atoms with Gasteiger partial charge in [0, 0.05) is 19.0 Å². The lowest BCUT2D eigenvalue weighted by atomic mass is 9.86. The highest BCUT2D eigenvalue weighted by molar-refractivity contribution is 5.76. The summed E-state index contributed by atoms with van der Waals surface area (Å²) in [5.74, 6) is 0.209. The molecule has 0 spiro atoms. The van der Waals surface area contributed by atoms with E-state index in [1.54, 1.807) is 0 Å². The van der Waals surface area contributed by atoms with Crippen LogP contribution in [0.5, 0.6) is 0 Å². The van der Waals surface area contributed by atoms with Gasteiger partial charge in [-0.25, -0.2) is 0 Å². The maximum atomic E-state index is 11.3. The molecule has 7 heteroatoms. The molecule has 1 saturated carbocycles. The number of carbonyl (C=O) groups is 1. The molecular weight excluding hydrogens is 226 g/mol. The summed E-state index contributed by atoms with van der Waals surface area (Å²) in [4.78, 5) is 25.7. The fraction of sp³-hybridized carbons (Fsp3) is 0.900. The van der Waals surface area contributed by atoms with Crippen LogP contribution < -0.4 is 11.1 Å². The van der Waals surface area contributed by atoms with Crippen molar-refractivity contribution in [3.8, 4) is 0 Å². The minimum Gasteiger partial charge on any atom is -0.353 e. The monoisotopic (exact) mass is 245 g/mol. The maximum absolute atomic E-state index is 11.3. The Morgan fingerprint density at radius 1 is 1.41 bits per heavy atom. The minimum atomic E-state index is -0.755. The van der Waals surface area contributed by atoms with Gasteiger partial charge in [0.25, 0.3) is 5.09 Å². The zero-order chi connectivity index (χ0) is 12.7. The van der Waals surface area contributed by atoms with Crippen molar-refractivity contribution in [2.24, 2.45) is 11.7 Å². The molecule has 0 saturated heterocycles. The first-order valence-electron chi connectivity index (χ1n) is 5.88. The zero-order valence-electron chi connectivity index (χ0n) is 9.76. The number of amides is 1. The summed E-state index contributed by atoms with van der Waals surface area (Å²) < 4.78 is 0. The van der Waals surface area contributed by atoms with Gasteiger partial charge in [-0.05, 0) is 31.6 Å². The number of hydrogen-bond donors (Lipinski definition) is 2. The molecule has 0 bridgehead atoms. The van der Waals surface area contributed by atoms with Crippen molar-refractivity contribution in [3.63, 3.8) is 0 Å². The first-order chi connectivity index (χ1) is 8.11. The molecule has 0 radical (unpaired) electrons. The first-order valence-corrected chi connectivity index (χ1v) is 5.88. The molecule has 0 aromatic heterocycles. The van der Waals surface area contributed by atoms with Crippen LogP contribution in [0.25, 0.3) is 0 Å². The van der Waals surface area contributed by atoms with Gasteiger partial charge in [-0.15, -0.1) is 10.1 Å². The Balaban J connectivity index is 2.17. The van der Waals surface area contributed by atoms with E-state index in [9.17, 15) is 14.9 Å². The van der Waals surface area contributed by atoms with Gasteiger partial charge in [0.1, 0.15) is 0 Å². The molecule has 0 heterocycles. The average Bonchev–Trinajstić information content (AvgIpc) is 2.28. The lowest BCUT2D eigenvalue weighted by molar-refractivity contribution is -0.759. The summed E-state index contributed by atoms with van der Waals surface area (Å²) >= 11 is 0. The quantitative estimate of drug-likeness (QED) is 0.514. The van der Waals surface area contributed by atoms with E-state index < -0.39 is 5.09 Å². The Morgan fingerprint density at radius 3 is 2.59 bits per heavy atom. The van der Waals surface area contributed by atoms with Crippen LogP contribution in [-0.2, 0) is 9.63 Å². The molecule has 1 amide bonds. The molecule has 3 N–H and O–H groups in total. The van der Waals surface area contributed by atoms with Crippen molar-refractivity contribution in [1.82, 2.24) is 5.32 Å². The average molecular weight is 245 g/mol. The van der Waals surface area contributed by atoms with Crippen LogP contribution >= 0.6 is 0 Å². The van der Waals surface area contributed by atoms with Crippen LogP contribution in [0.4, 0.5) is 0 Å². The largest absolute Gasteiger partial charge is 0.353 e. The van der Waals surface area contributed by atoms with Gasteiger partial charge >= 0.3 is 0 Å². The highest BCUT2D eigenvalue weighted by Gasteiger charge is 2.22. The maximum Gasteiger partial charge on any atom is 0.294 e. The lowest BCUT2D eigenvalue weighted by Gasteiger charge is -2.28. The summed E-state index contributed by atoms with van der Waals surface area (Å²) in [6.45, 7) is 0.522. The third kappa shape index (κ3) is 5.48. The molecule has 7 nitrogen and oxygen atoms in total. The third-order valence-electron chi connectivity index (χ3n) is 3.00. The van der Waals surface area contributed by atoms with Crippen LogP contribution in [0.3, 0.4) is 0 Å². The van der Waals surface area contributed by atoms with E-state index >= 15 is 0 Å². The minimum absolute atomic E-state index is 0.0162. The van der Waals surface area contributed by atoms with Crippen LogP contribution in [-0.4, -0.2) is 30.2 Å². The van der Waals surface area contributed by atoms with Gasteiger partial charge in [0.05, 0.1) is 6.61 Å². The van der Waals surface area contributed by atoms with Crippen molar-refractivity contribution in [1.29, 1.82) is 0 Å². The van der Waals surface area contributed by atoms with Crippen LogP contribution in [0.15, 0.2) is 0 Å². The summed E-state index contributed by atoms with van der Waals surface area (Å²) in [6, 6.07) is 0.181. The van der Waals surface area contributed by atoms with Crippen LogP contribution in [0.2, 0.25) is 0 Å². The molecule has 17 heavy (non-hydrogen) atoms. The van der Waals surface area contributed by atoms with Gasteiger partial charge in [-0.3, -0.25) is 4.79 Å². The van der Waals surface area contributed by atoms with Gasteiger partial charge in [0.15, 0.2) is 0 Å². The lowest BCUT2D eigenvalue weighted by Crippen LogP contribution is -2.38. The van der Waals surface area contributed by atoms with Crippen molar-refractivity contribution < 1.29 is 14.7 Å². The number of rotatable bonds is 6. The van der Waals surface area contributed by atoms with Gasteiger partial charge < -0.3 is 15.9 Å². The Hall–Kier alpha value is -1.37. The smallest absolute Gasteiger partial charge is 0.294 e. The van der Waals surface area contributed by atoms with E-state index in [4.69, 9.17) is 5.73 Å². The molecule has 0 unspecified atom stereocenters. The third-order valence-corrected chi connectivity index (χ3v) is 3.00. The standard InChI is InChI=1S/C10H19N3O4/c11-6-5-10(14)12-9-3-1-8(2-4-9)7-17-13(15)16/h8-9H,1-7,11H2,(H,12,14). The summed E-state index contributed by atoms with van der Waals surface area (Å²) in [5.41, 5.74) is 5.28. The molecule has 0 aromatic carbocycles. The molecule has 1 aliphatic rings. The zero-order valence-corrected chi connectivity index (χ0v) is 9.76. The molecule has 1 aliphatic carbocycles. The van der Waals surface area contributed by atoms with Gasteiger partial charge in [0.2, 0.25) is 5.91 Å². The summed E-state index contributed by atoms with van der Waals surface area (Å²) in [5, 5.41) is 12.2. The molecule has 0 aliphatic heterocycles. The number of nitrogens with zero attached hydrogens (tertiary/aromatic N) is 1. The van der Waals surface area contributed by atoms with E-state index in [2.05, 4.69) is 10.2 Å². The number of nitrogens with one attached hydrogen (secondary N) is 1. The Morgan fingerprint density at radius 2 is 2.06 bits per heavy atom. The first kappa shape index (κ1) is 13.7. The number of carbonyl (C=O) groups excluding carboxylic acids is 1. The topological polar surface area (TPSA) is 107 Å². The normalized spacial score (nSPS) is 24.1. The summed E-state index contributed by atoms with van der Waals surface area (Å²) in [7, 11) is 0. The highest BCUT2D eigenvalue weighted by Crippen LogP contribution is 2.24. The highest BCUT2D eigenvalue weighted by atomic mass is 16.9. The van der Waals surface area contributed by atoms with Gasteiger partial charge in [-0.1, -0.05) is 0 Å². The molecule has 0 atom stereocenters. The molecular formula is C10H19N3O4. The van der Waals surface area contributed by atoms with E-state index in [0.29, 0.717) is 13.0 Å². The second-order valence-corrected chi connectivity index (χ2v) is 4.34. The van der Waals surface area contributed by atoms with E-state index in [1.807, 2.05) is 0 Å². The fourth-order valence-electron chi connectivity index (χ4n) is 2.07. The number of hydrogen-bond acceptors (Lipinski definition) is 5. The molecule has 1 rings (SSSR count). The van der Waals surface area contributed by atoms with Gasteiger partial charge in [-0.2, -0.15) is 0 Å². The van der Waals surface area contributed by atoms with E-state index in [-0.39, 0.29) is 24.5 Å². The van der Waals surface area contributed by atoms with Crippen molar-refractivity contribution >= 4 is 5.91 Å². The SMILES string of the molecule is NCCC(=O)NC1CCC(CO[N+](=O)[O-])CC1. The van der Waals surface area contributed by atoms with Crippen LogP contribution in [0.1, 0.15) is 32.1 Å². The number of nitrogens with two attached hydrogens (primary N) is 1. The van der Waals surface area contributed by atoms with Crippen molar-refractivity contribution in [3.05, 3.63) is 10.1 Å². The van der Waals surface area contributed by atoms with Crippen LogP contribution in [0, 0.1) is 16.0 Å².